The molecule has 0 bridgehead atoms. The molecule has 1 aliphatic rings. The molecule has 2 heteroatoms. The largest absolute Gasteiger partial charge is 0.303 e. The first-order valence-electron chi connectivity index (χ1n) is 6.28. The second kappa shape index (κ2) is 6.36. The Balaban J connectivity index is 1.76. The molecule has 2 nitrogen and oxygen atoms in total. The van der Waals surface area contributed by atoms with Crippen molar-refractivity contribution in [2.45, 2.75) is 12.8 Å². The maximum atomic E-state index is 10.6. The van der Waals surface area contributed by atoms with E-state index in [9.17, 15) is 4.79 Å². The number of likely N-dealkylation sites (tertiary alicyclic amines) is 1. The summed E-state index contributed by atoms with van der Waals surface area (Å²) in [7, 11) is 0. The van der Waals surface area contributed by atoms with E-state index in [4.69, 9.17) is 0 Å². The quantitative estimate of drug-likeness (QED) is 0.740. The second-order valence-corrected chi connectivity index (χ2v) is 4.59. The molecule has 1 fully saturated rings. The Morgan fingerprint density at radius 2 is 1.88 bits per heavy atom. The molecule has 0 aliphatic carbocycles. The maximum Gasteiger partial charge on any atom is 0.123 e. The number of hydrogen-bond acceptors (Lipinski definition) is 2. The van der Waals surface area contributed by atoms with Gasteiger partial charge in [0.05, 0.1) is 0 Å². The van der Waals surface area contributed by atoms with Crippen molar-refractivity contribution >= 4 is 12.4 Å². The van der Waals surface area contributed by atoms with E-state index in [1.165, 1.54) is 5.56 Å². The number of carbonyl (C=O) groups excluding carboxylic acids is 1. The molecule has 0 aromatic heterocycles. The number of nitrogens with zero attached hydrogens (tertiary/aromatic N) is 1. The number of benzene rings is 1. The van der Waals surface area contributed by atoms with E-state index in [-0.39, 0.29) is 0 Å². The topological polar surface area (TPSA) is 20.3 Å². The molecule has 0 spiro atoms. The Morgan fingerprint density at radius 1 is 1.18 bits per heavy atom. The van der Waals surface area contributed by atoms with Crippen LogP contribution in [0.2, 0.25) is 0 Å². The van der Waals surface area contributed by atoms with Crippen LogP contribution in [-0.4, -0.2) is 30.8 Å². The van der Waals surface area contributed by atoms with Crippen molar-refractivity contribution < 1.29 is 4.79 Å². The number of piperidine rings is 1. The van der Waals surface area contributed by atoms with E-state index in [0.29, 0.717) is 5.92 Å². The molecule has 0 saturated carbocycles. The van der Waals surface area contributed by atoms with Gasteiger partial charge < -0.3 is 4.79 Å². The van der Waals surface area contributed by atoms with Crippen molar-refractivity contribution in [3.63, 3.8) is 0 Å². The van der Waals surface area contributed by atoms with Gasteiger partial charge in [-0.3, -0.25) is 4.90 Å². The Kier molecular flexibility index (Phi) is 4.51. The first-order chi connectivity index (χ1) is 8.38. The number of hydrogen-bond donors (Lipinski definition) is 0. The van der Waals surface area contributed by atoms with Gasteiger partial charge in [-0.05, 0) is 31.5 Å². The Morgan fingerprint density at radius 3 is 2.53 bits per heavy atom. The third kappa shape index (κ3) is 3.82. The molecular formula is C15H19NO. The monoisotopic (exact) mass is 229 g/mol. The number of aldehydes is 1. The molecule has 17 heavy (non-hydrogen) atoms. The summed E-state index contributed by atoms with van der Waals surface area (Å²) in [5.41, 5.74) is 1.25. The summed E-state index contributed by atoms with van der Waals surface area (Å²) in [6, 6.07) is 10.3. The lowest BCUT2D eigenvalue weighted by Crippen LogP contribution is -2.34. The van der Waals surface area contributed by atoms with Gasteiger partial charge in [0.1, 0.15) is 6.29 Å². The van der Waals surface area contributed by atoms with Gasteiger partial charge in [-0.25, -0.2) is 0 Å². The first kappa shape index (κ1) is 12.1. The van der Waals surface area contributed by atoms with Gasteiger partial charge in [-0.2, -0.15) is 0 Å². The molecule has 1 saturated heterocycles. The number of rotatable bonds is 4. The van der Waals surface area contributed by atoms with Crippen molar-refractivity contribution in [1.29, 1.82) is 0 Å². The van der Waals surface area contributed by atoms with Crippen LogP contribution < -0.4 is 0 Å². The van der Waals surface area contributed by atoms with Gasteiger partial charge in [0, 0.05) is 12.5 Å². The van der Waals surface area contributed by atoms with E-state index in [1.807, 2.05) is 6.07 Å². The van der Waals surface area contributed by atoms with Crippen molar-refractivity contribution in [3.05, 3.63) is 42.0 Å². The summed E-state index contributed by atoms with van der Waals surface area (Å²) >= 11 is 0. The number of carbonyl (C=O) groups is 1. The van der Waals surface area contributed by atoms with E-state index in [1.54, 1.807) is 0 Å². The van der Waals surface area contributed by atoms with Crippen LogP contribution in [0.4, 0.5) is 0 Å². The van der Waals surface area contributed by atoms with Crippen LogP contribution in [0, 0.1) is 5.92 Å². The highest BCUT2D eigenvalue weighted by Gasteiger charge is 2.16. The van der Waals surface area contributed by atoms with Gasteiger partial charge >= 0.3 is 0 Å². The predicted octanol–water partition coefficient (Wildman–Crippen LogP) is 2.61. The summed E-state index contributed by atoms with van der Waals surface area (Å²) in [6.45, 7) is 3.07. The molecule has 0 unspecified atom stereocenters. The minimum absolute atomic E-state index is 0.296. The normalized spacial score (nSPS) is 18.6. The smallest absolute Gasteiger partial charge is 0.123 e. The molecule has 2 rings (SSSR count). The van der Waals surface area contributed by atoms with Gasteiger partial charge in [-0.15, -0.1) is 0 Å². The Bertz CT molecular complexity index is 364. The summed E-state index contributed by atoms with van der Waals surface area (Å²) in [5, 5.41) is 0. The van der Waals surface area contributed by atoms with Crippen LogP contribution in [0.15, 0.2) is 36.4 Å². The predicted molar refractivity (Wildman–Crippen MR) is 70.7 cm³/mol. The van der Waals surface area contributed by atoms with Gasteiger partial charge in [0.2, 0.25) is 0 Å². The summed E-state index contributed by atoms with van der Waals surface area (Å²) in [4.78, 5) is 13.0. The van der Waals surface area contributed by atoms with E-state index in [0.717, 1.165) is 38.8 Å². The molecule has 0 radical (unpaired) electrons. The van der Waals surface area contributed by atoms with Crippen LogP contribution in [0.1, 0.15) is 18.4 Å². The molecule has 1 aromatic carbocycles. The standard InChI is InChI=1S/C15H19NO/c17-13-15-8-11-16(12-9-15)10-4-7-14-5-2-1-3-6-14/h1-7,13,15H,8-12H2/b7-4+. The highest BCUT2D eigenvalue weighted by atomic mass is 16.1. The zero-order chi connectivity index (χ0) is 11.9. The highest BCUT2D eigenvalue weighted by molar-refractivity contribution is 5.53. The molecule has 1 aromatic rings. The first-order valence-corrected chi connectivity index (χ1v) is 6.28. The van der Waals surface area contributed by atoms with Gasteiger partial charge in [-0.1, -0.05) is 42.5 Å². The van der Waals surface area contributed by atoms with Crippen molar-refractivity contribution in [3.8, 4) is 0 Å². The van der Waals surface area contributed by atoms with E-state index in [2.05, 4.69) is 41.3 Å². The molecule has 0 amide bonds. The van der Waals surface area contributed by atoms with Crippen LogP contribution >= 0.6 is 0 Å². The lowest BCUT2D eigenvalue weighted by atomic mass is 9.99. The highest BCUT2D eigenvalue weighted by Crippen LogP contribution is 2.14. The van der Waals surface area contributed by atoms with E-state index < -0.39 is 0 Å². The van der Waals surface area contributed by atoms with Crippen molar-refractivity contribution in [2.24, 2.45) is 5.92 Å². The van der Waals surface area contributed by atoms with Crippen LogP contribution in [0.3, 0.4) is 0 Å². The van der Waals surface area contributed by atoms with Crippen molar-refractivity contribution in [2.75, 3.05) is 19.6 Å². The van der Waals surface area contributed by atoms with Gasteiger partial charge in [0.25, 0.3) is 0 Å². The molecule has 1 heterocycles. The average molecular weight is 229 g/mol. The van der Waals surface area contributed by atoms with Crippen molar-refractivity contribution in [1.82, 2.24) is 4.90 Å². The Labute approximate surface area is 103 Å². The zero-order valence-corrected chi connectivity index (χ0v) is 10.1. The zero-order valence-electron chi connectivity index (χ0n) is 10.1. The third-order valence-corrected chi connectivity index (χ3v) is 3.30. The second-order valence-electron chi connectivity index (χ2n) is 4.59. The minimum Gasteiger partial charge on any atom is -0.303 e. The molecule has 0 N–H and O–H groups in total. The summed E-state index contributed by atoms with van der Waals surface area (Å²) in [6.07, 6.45) is 7.50. The summed E-state index contributed by atoms with van der Waals surface area (Å²) in [5.74, 6) is 0.296. The van der Waals surface area contributed by atoms with Crippen LogP contribution in [-0.2, 0) is 4.79 Å². The van der Waals surface area contributed by atoms with Crippen LogP contribution in [0.5, 0.6) is 0 Å². The van der Waals surface area contributed by atoms with E-state index >= 15 is 0 Å². The molecule has 1 aliphatic heterocycles. The van der Waals surface area contributed by atoms with Gasteiger partial charge in [0.15, 0.2) is 0 Å². The SMILES string of the molecule is O=CC1CCN(C/C=C/c2ccccc2)CC1. The lowest BCUT2D eigenvalue weighted by molar-refractivity contribution is -0.112. The fourth-order valence-corrected chi connectivity index (χ4v) is 2.17. The molecular weight excluding hydrogens is 210 g/mol. The molecule has 0 atom stereocenters. The fourth-order valence-electron chi connectivity index (χ4n) is 2.17. The maximum absolute atomic E-state index is 10.6. The lowest BCUT2D eigenvalue weighted by Gasteiger charge is -2.28. The fraction of sp³-hybridized carbons (Fsp3) is 0.400. The minimum atomic E-state index is 0.296. The molecule has 90 valence electrons. The summed E-state index contributed by atoms with van der Waals surface area (Å²) < 4.78 is 0. The van der Waals surface area contributed by atoms with Crippen LogP contribution in [0.25, 0.3) is 6.08 Å². The third-order valence-electron chi connectivity index (χ3n) is 3.30. The Hall–Kier alpha value is -1.41. The average Bonchev–Trinajstić information content (AvgIpc) is 2.41.